The Balaban J connectivity index is 2.04. The van der Waals surface area contributed by atoms with Gasteiger partial charge in [0.2, 0.25) is 0 Å². The fourth-order valence-corrected chi connectivity index (χ4v) is 4.09. The predicted octanol–water partition coefficient (Wildman–Crippen LogP) is 4.07. The van der Waals surface area contributed by atoms with Gasteiger partial charge in [0.15, 0.2) is 5.15 Å². The second kappa shape index (κ2) is 7.68. The summed E-state index contributed by atoms with van der Waals surface area (Å²) in [6.45, 7) is 11.3. The maximum atomic E-state index is 12.7. The number of amides is 1. The fraction of sp³-hybridized carbons (Fsp3) is 0.632. The molecule has 1 amide bonds. The van der Waals surface area contributed by atoms with Crippen molar-refractivity contribution in [3.63, 3.8) is 0 Å². The summed E-state index contributed by atoms with van der Waals surface area (Å²) in [5.41, 5.74) is -0.748. The average Bonchev–Trinajstić information content (AvgIpc) is 2.91. The van der Waals surface area contributed by atoms with Crippen LogP contribution in [0.3, 0.4) is 0 Å². The number of halogens is 2. The first-order valence-corrected chi connectivity index (χ1v) is 10.5. The van der Waals surface area contributed by atoms with E-state index in [4.69, 9.17) is 21.1 Å². The second-order valence-electron chi connectivity index (χ2n) is 8.74. The molecule has 2 unspecified atom stereocenters. The van der Waals surface area contributed by atoms with Gasteiger partial charge in [0.05, 0.1) is 31.1 Å². The largest absolute Gasteiger partial charge is 0.444 e. The molecule has 1 aliphatic heterocycles. The second-order valence-corrected chi connectivity index (χ2v) is 9.85. The maximum Gasteiger partial charge on any atom is 0.410 e. The Kier molecular flexibility index (Phi) is 5.90. The number of morpholine rings is 1. The monoisotopic (exact) mass is 488 g/mol. The molecule has 29 heavy (non-hydrogen) atoms. The molecule has 0 aromatic carbocycles. The topological polar surface area (TPSA) is 89.2 Å². The summed E-state index contributed by atoms with van der Waals surface area (Å²) in [7, 11) is 0. The lowest BCUT2D eigenvalue weighted by Crippen LogP contribution is -2.50. The highest BCUT2D eigenvalue weighted by molar-refractivity contribution is 9.10. The van der Waals surface area contributed by atoms with Crippen molar-refractivity contribution in [3.05, 3.63) is 27.5 Å². The van der Waals surface area contributed by atoms with Gasteiger partial charge >= 0.3 is 6.09 Å². The number of ether oxygens (including phenoxy) is 2. The third kappa shape index (κ3) is 4.52. The number of imidazole rings is 1. The molecule has 1 fully saturated rings. The Hall–Kier alpha value is -1.42. The zero-order valence-electron chi connectivity index (χ0n) is 17.4. The van der Waals surface area contributed by atoms with Crippen LogP contribution in [0.1, 0.15) is 59.2 Å². The lowest BCUT2D eigenvalue weighted by Gasteiger charge is -2.38. The Labute approximate surface area is 183 Å². The highest BCUT2D eigenvalue weighted by Gasteiger charge is 2.37. The molecular weight excluding hydrogens is 464 g/mol. The van der Waals surface area contributed by atoms with Gasteiger partial charge in [-0.05, 0) is 57.5 Å². The average molecular weight is 490 g/mol. The van der Waals surface area contributed by atoms with Gasteiger partial charge < -0.3 is 19.5 Å². The minimum atomic E-state index is -1.20. The highest BCUT2D eigenvalue weighted by atomic mass is 79.9. The molecule has 160 valence electrons. The molecule has 1 aliphatic rings. The van der Waals surface area contributed by atoms with Gasteiger partial charge in [-0.3, -0.25) is 4.40 Å². The van der Waals surface area contributed by atoms with Crippen LogP contribution in [0.25, 0.3) is 5.52 Å². The van der Waals surface area contributed by atoms with Gasteiger partial charge in [0.25, 0.3) is 0 Å². The molecule has 2 aromatic rings. The van der Waals surface area contributed by atoms with Gasteiger partial charge in [-0.2, -0.15) is 0 Å². The number of aromatic nitrogens is 3. The van der Waals surface area contributed by atoms with Crippen LogP contribution >= 0.6 is 27.5 Å². The van der Waals surface area contributed by atoms with Crippen LogP contribution in [0.4, 0.5) is 4.79 Å². The molecular formula is C19H26BrClN4O4. The van der Waals surface area contributed by atoms with Gasteiger partial charge in [-0.15, -0.1) is 0 Å². The number of hydrogen-bond donors (Lipinski definition) is 1. The van der Waals surface area contributed by atoms with Crippen molar-refractivity contribution in [2.45, 2.75) is 64.9 Å². The summed E-state index contributed by atoms with van der Waals surface area (Å²) in [5, 5.41) is 10.9. The first kappa shape index (κ1) is 22.3. The van der Waals surface area contributed by atoms with Crippen LogP contribution in [0.5, 0.6) is 0 Å². The minimum Gasteiger partial charge on any atom is -0.444 e. The van der Waals surface area contributed by atoms with E-state index in [0.29, 0.717) is 28.2 Å². The Morgan fingerprint density at radius 2 is 2.03 bits per heavy atom. The van der Waals surface area contributed by atoms with Crippen LogP contribution < -0.4 is 0 Å². The summed E-state index contributed by atoms with van der Waals surface area (Å²) in [6, 6.07) is -0.144. The van der Waals surface area contributed by atoms with Crippen molar-refractivity contribution >= 4 is 39.1 Å². The smallest absolute Gasteiger partial charge is 0.410 e. The molecule has 10 heteroatoms. The third-order valence-electron chi connectivity index (χ3n) is 4.57. The molecule has 1 saturated heterocycles. The van der Waals surface area contributed by atoms with Gasteiger partial charge in [-0.25, -0.2) is 14.8 Å². The number of aliphatic hydroxyl groups is 1. The first-order chi connectivity index (χ1) is 13.3. The van der Waals surface area contributed by atoms with Crippen LogP contribution in [-0.4, -0.2) is 55.3 Å². The van der Waals surface area contributed by atoms with Gasteiger partial charge in [-0.1, -0.05) is 11.6 Å². The molecule has 0 spiro atoms. The van der Waals surface area contributed by atoms with Crippen molar-refractivity contribution in [2.24, 2.45) is 0 Å². The quantitative estimate of drug-likeness (QED) is 0.684. The number of fused-ring (bicyclic) bond motifs is 1. The normalized spacial score (nSPS) is 20.9. The van der Waals surface area contributed by atoms with Crippen molar-refractivity contribution < 1.29 is 19.4 Å². The van der Waals surface area contributed by atoms with Gasteiger partial charge in [0, 0.05) is 0 Å². The molecule has 0 bridgehead atoms. The molecule has 2 atom stereocenters. The van der Waals surface area contributed by atoms with Crippen molar-refractivity contribution in [1.82, 2.24) is 19.3 Å². The van der Waals surface area contributed by atoms with Crippen molar-refractivity contribution in [3.8, 4) is 0 Å². The summed E-state index contributed by atoms with van der Waals surface area (Å²) < 4.78 is 13.8. The number of carbonyl (C=O) groups excluding carboxylic acids is 1. The van der Waals surface area contributed by atoms with E-state index >= 15 is 0 Å². The van der Waals surface area contributed by atoms with Crippen LogP contribution in [0.15, 0.2) is 10.8 Å². The van der Waals surface area contributed by atoms with Crippen LogP contribution in [0.2, 0.25) is 5.15 Å². The lowest BCUT2D eigenvalue weighted by molar-refractivity contribution is -0.0702. The minimum absolute atomic E-state index is 0.144. The first-order valence-electron chi connectivity index (χ1n) is 9.36. The molecule has 3 rings (SSSR count). The van der Waals surface area contributed by atoms with E-state index in [-0.39, 0.29) is 17.7 Å². The van der Waals surface area contributed by atoms with E-state index in [1.807, 2.05) is 27.7 Å². The van der Waals surface area contributed by atoms with E-state index in [1.165, 1.54) is 6.20 Å². The van der Waals surface area contributed by atoms with Crippen molar-refractivity contribution in [2.75, 3.05) is 13.2 Å². The number of nitrogens with zero attached hydrogens (tertiary/aromatic N) is 4. The SMILES string of the molecule is CC1COC(c2nc(Br)c3c(Cl)ncc(C(C)(C)O)n23)CN1C(=O)OC(C)(C)C. The number of rotatable bonds is 2. The zero-order chi connectivity index (χ0) is 21.7. The number of hydrogen-bond acceptors (Lipinski definition) is 6. The summed E-state index contributed by atoms with van der Waals surface area (Å²) in [6.07, 6.45) is 0.585. The van der Waals surface area contributed by atoms with E-state index in [1.54, 1.807) is 23.1 Å². The van der Waals surface area contributed by atoms with E-state index in [2.05, 4.69) is 25.9 Å². The Bertz CT molecular complexity index is 935. The lowest BCUT2D eigenvalue weighted by atomic mass is 10.1. The third-order valence-corrected chi connectivity index (χ3v) is 5.40. The standard InChI is InChI=1S/C19H26BrClN4O4/c1-10-9-28-11(8-24(10)17(26)29-18(2,3)4)16-23-14(20)13-15(21)22-7-12(25(13)16)19(5,6)27/h7,10-11,27H,8-9H2,1-6H3. The van der Waals surface area contributed by atoms with Crippen LogP contribution in [0, 0.1) is 0 Å². The molecule has 0 radical (unpaired) electrons. The summed E-state index contributed by atoms with van der Waals surface area (Å²) in [4.78, 5) is 23.1. The molecule has 2 aromatic heterocycles. The van der Waals surface area contributed by atoms with Gasteiger partial charge in [0.1, 0.15) is 33.3 Å². The zero-order valence-corrected chi connectivity index (χ0v) is 19.7. The molecule has 3 heterocycles. The van der Waals surface area contributed by atoms with Crippen molar-refractivity contribution in [1.29, 1.82) is 0 Å². The summed E-state index contributed by atoms with van der Waals surface area (Å²) >= 11 is 9.74. The molecule has 0 saturated carbocycles. The fourth-order valence-electron chi connectivity index (χ4n) is 3.20. The molecule has 0 aliphatic carbocycles. The highest BCUT2D eigenvalue weighted by Crippen LogP contribution is 2.35. The number of carbonyl (C=O) groups is 1. The van der Waals surface area contributed by atoms with E-state index < -0.39 is 23.4 Å². The van der Waals surface area contributed by atoms with E-state index in [0.717, 1.165) is 0 Å². The molecule has 8 nitrogen and oxygen atoms in total. The predicted molar refractivity (Wildman–Crippen MR) is 112 cm³/mol. The molecule has 1 N–H and O–H groups in total. The summed E-state index contributed by atoms with van der Waals surface area (Å²) in [5.74, 6) is 0.522. The maximum absolute atomic E-state index is 12.7. The Morgan fingerprint density at radius 3 is 2.62 bits per heavy atom. The van der Waals surface area contributed by atoms with E-state index in [9.17, 15) is 9.90 Å². The van der Waals surface area contributed by atoms with Crippen LogP contribution in [-0.2, 0) is 15.1 Å². The Morgan fingerprint density at radius 1 is 1.38 bits per heavy atom.